The number of amides is 1. The Hall–Kier alpha value is -2.62. The van der Waals surface area contributed by atoms with Crippen molar-refractivity contribution in [3.8, 4) is 0 Å². The number of imidazole rings is 1. The molecular formula is C18H19N3O. The summed E-state index contributed by atoms with van der Waals surface area (Å²) in [4.78, 5) is 18.9. The van der Waals surface area contributed by atoms with Crippen molar-refractivity contribution in [2.75, 3.05) is 4.90 Å². The number of pyridine rings is 1. The van der Waals surface area contributed by atoms with Gasteiger partial charge in [-0.25, -0.2) is 4.98 Å². The second-order valence-corrected chi connectivity index (χ2v) is 5.54. The zero-order valence-electron chi connectivity index (χ0n) is 12.8. The van der Waals surface area contributed by atoms with Crippen molar-refractivity contribution >= 4 is 17.2 Å². The first-order valence-electron chi connectivity index (χ1n) is 7.45. The van der Waals surface area contributed by atoms with Crippen molar-refractivity contribution in [1.82, 2.24) is 9.38 Å². The van der Waals surface area contributed by atoms with Crippen molar-refractivity contribution < 1.29 is 4.79 Å². The molecule has 1 amide bonds. The van der Waals surface area contributed by atoms with E-state index >= 15 is 0 Å². The Morgan fingerprint density at radius 1 is 1.14 bits per heavy atom. The summed E-state index contributed by atoms with van der Waals surface area (Å²) < 4.78 is 1.96. The van der Waals surface area contributed by atoms with Gasteiger partial charge in [0, 0.05) is 29.8 Å². The van der Waals surface area contributed by atoms with Gasteiger partial charge in [-0.3, -0.25) is 4.79 Å². The highest BCUT2D eigenvalue weighted by Gasteiger charge is 2.19. The van der Waals surface area contributed by atoms with Crippen LogP contribution in [0.4, 0.5) is 5.69 Å². The predicted molar refractivity (Wildman–Crippen MR) is 88.0 cm³/mol. The van der Waals surface area contributed by atoms with Gasteiger partial charge in [-0.1, -0.05) is 24.3 Å². The molecule has 0 spiro atoms. The molecule has 3 rings (SSSR count). The minimum absolute atomic E-state index is 0.0856. The number of carbonyl (C=O) groups is 1. The van der Waals surface area contributed by atoms with E-state index < -0.39 is 0 Å². The van der Waals surface area contributed by atoms with Crippen LogP contribution in [0.1, 0.15) is 19.5 Å². The number of hydrogen-bond acceptors (Lipinski definition) is 2. The van der Waals surface area contributed by atoms with Crippen LogP contribution in [0.5, 0.6) is 0 Å². The van der Waals surface area contributed by atoms with Crippen LogP contribution in [0.25, 0.3) is 5.65 Å². The Balaban J connectivity index is 1.90. The summed E-state index contributed by atoms with van der Waals surface area (Å²) in [5.74, 6) is 0.0856. The minimum Gasteiger partial charge on any atom is -0.310 e. The molecule has 0 aliphatic rings. The summed E-state index contributed by atoms with van der Waals surface area (Å²) in [5, 5.41) is 0. The van der Waals surface area contributed by atoms with Crippen LogP contribution in [-0.4, -0.2) is 21.3 Å². The van der Waals surface area contributed by atoms with Crippen LogP contribution in [0.3, 0.4) is 0 Å². The topological polar surface area (TPSA) is 37.6 Å². The summed E-state index contributed by atoms with van der Waals surface area (Å²) in [6, 6.07) is 15.7. The zero-order chi connectivity index (χ0) is 15.5. The molecule has 4 nitrogen and oxygen atoms in total. The molecule has 0 saturated carbocycles. The number of rotatable bonds is 4. The summed E-state index contributed by atoms with van der Waals surface area (Å²) in [6.07, 6.45) is 3.99. The molecule has 2 aromatic heterocycles. The quantitative estimate of drug-likeness (QED) is 0.740. The van der Waals surface area contributed by atoms with E-state index in [0.717, 1.165) is 17.0 Å². The molecule has 0 unspecified atom stereocenters. The molecule has 0 aliphatic heterocycles. The molecule has 0 saturated heterocycles. The lowest BCUT2D eigenvalue weighted by atomic mass is 10.2. The number of anilines is 1. The highest BCUT2D eigenvalue weighted by atomic mass is 16.2. The van der Waals surface area contributed by atoms with E-state index in [9.17, 15) is 4.79 Å². The van der Waals surface area contributed by atoms with E-state index in [0.29, 0.717) is 6.42 Å². The lowest BCUT2D eigenvalue weighted by Gasteiger charge is -2.27. The Kier molecular flexibility index (Phi) is 3.92. The van der Waals surface area contributed by atoms with Gasteiger partial charge in [0.05, 0.1) is 6.42 Å². The third-order valence-electron chi connectivity index (χ3n) is 3.66. The molecule has 4 heteroatoms. The highest BCUT2D eigenvalue weighted by molar-refractivity contribution is 5.95. The lowest BCUT2D eigenvalue weighted by Crippen LogP contribution is -2.38. The normalized spacial score (nSPS) is 11.0. The summed E-state index contributed by atoms with van der Waals surface area (Å²) in [5.41, 5.74) is 2.74. The average Bonchev–Trinajstić information content (AvgIpc) is 2.97. The van der Waals surface area contributed by atoms with Crippen LogP contribution in [0.2, 0.25) is 0 Å². The molecule has 1 aromatic carbocycles. The number of fused-ring (bicyclic) bond motifs is 1. The van der Waals surface area contributed by atoms with E-state index in [1.54, 1.807) is 6.20 Å². The van der Waals surface area contributed by atoms with Gasteiger partial charge in [0.1, 0.15) is 5.65 Å². The fourth-order valence-electron chi connectivity index (χ4n) is 2.71. The summed E-state index contributed by atoms with van der Waals surface area (Å²) in [6.45, 7) is 4.06. The number of para-hydroxylation sites is 1. The molecule has 0 bridgehead atoms. The van der Waals surface area contributed by atoms with Gasteiger partial charge in [-0.2, -0.15) is 0 Å². The largest absolute Gasteiger partial charge is 0.310 e. The van der Waals surface area contributed by atoms with Gasteiger partial charge in [-0.15, -0.1) is 0 Å². The molecule has 3 aromatic rings. The molecule has 112 valence electrons. The number of benzene rings is 1. The van der Waals surface area contributed by atoms with Gasteiger partial charge in [0.15, 0.2) is 0 Å². The number of carbonyl (C=O) groups excluding carboxylic acids is 1. The van der Waals surface area contributed by atoms with E-state index in [-0.39, 0.29) is 11.9 Å². The monoisotopic (exact) mass is 293 g/mol. The van der Waals surface area contributed by atoms with Crippen molar-refractivity contribution in [1.29, 1.82) is 0 Å². The fourth-order valence-corrected chi connectivity index (χ4v) is 2.71. The maximum absolute atomic E-state index is 12.8. The molecule has 0 fully saturated rings. The highest BCUT2D eigenvalue weighted by Crippen LogP contribution is 2.18. The second kappa shape index (κ2) is 6.02. The SMILES string of the molecule is CC(C)N(C(=O)Cc1cccc2nccn12)c1ccccc1. The third-order valence-corrected chi connectivity index (χ3v) is 3.66. The van der Waals surface area contributed by atoms with Crippen LogP contribution >= 0.6 is 0 Å². The van der Waals surface area contributed by atoms with Crippen LogP contribution in [-0.2, 0) is 11.2 Å². The predicted octanol–water partition coefficient (Wildman–Crippen LogP) is 3.32. The molecule has 0 radical (unpaired) electrons. The van der Waals surface area contributed by atoms with E-state index in [1.807, 2.05) is 77.9 Å². The smallest absolute Gasteiger partial charge is 0.233 e. The van der Waals surface area contributed by atoms with Gasteiger partial charge in [-0.05, 0) is 38.1 Å². The molecule has 22 heavy (non-hydrogen) atoms. The third kappa shape index (κ3) is 2.72. The number of nitrogens with zero attached hydrogens (tertiary/aromatic N) is 3. The minimum atomic E-state index is 0.0856. The maximum Gasteiger partial charge on any atom is 0.233 e. The molecule has 0 atom stereocenters. The lowest BCUT2D eigenvalue weighted by molar-refractivity contribution is -0.118. The first kappa shape index (κ1) is 14.3. The van der Waals surface area contributed by atoms with Gasteiger partial charge in [0.2, 0.25) is 5.91 Å². The Morgan fingerprint density at radius 3 is 2.64 bits per heavy atom. The van der Waals surface area contributed by atoms with Crippen molar-refractivity contribution in [2.24, 2.45) is 0 Å². The van der Waals surface area contributed by atoms with Crippen LogP contribution in [0, 0.1) is 0 Å². The Bertz CT molecular complexity index is 777. The van der Waals surface area contributed by atoms with E-state index in [4.69, 9.17) is 0 Å². The Morgan fingerprint density at radius 2 is 1.91 bits per heavy atom. The number of hydrogen-bond donors (Lipinski definition) is 0. The molecule has 0 aliphatic carbocycles. The summed E-state index contributed by atoms with van der Waals surface area (Å²) >= 11 is 0. The first-order valence-corrected chi connectivity index (χ1v) is 7.45. The van der Waals surface area contributed by atoms with Gasteiger partial charge < -0.3 is 9.30 Å². The van der Waals surface area contributed by atoms with Crippen LogP contribution < -0.4 is 4.90 Å². The maximum atomic E-state index is 12.8. The fraction of sp³-hybridized carbons (Fsp3) is 0.222. The summed E-state index contributed by atoms with van der Waals surface area (Å²) in [7, 11) is 0. The van der Waals surface area contributed by atoms with Gasteiger partial charge in [0.25, 0.3) is 0 Å². The number of aromatic nitrogens is 2. The zero-order valence-corrected chi connectivity index (χ0v) is 12.8. The second-order valence-electron chi connectivity index (χ2n) is 5.54. The van der Waals surface area contributed by atoms with Gasteiger partial charge >= 0.3 is 0 Å². The molecular weight excluding hydrogens is 274 g/mol. The Labute approximate surface area is 130 Å². The van der Waals surface area contributed by atoms with Crippen molar-refractivity contribution in [3.63, 3.8) is 0 Å². The molecule has 0 N–H and O–H groups in total. The van der Waals surface area contributed by atoms with Crippen molar-refractivity contribution in [3.05, 3.63) is 66.6 Å². The standard InChI is InChI=1S/C18H19N3O/c1-14(2)21(15-7-4-3-5-8-15)18(22)13-16-9-6-10-17-19-11-12-20(16)17/h3-12,14H,13H2,1-2H3. The van der Waals surface area contributed by atoms with E-state index in [1.165, 1.54) is 0 Å². The van der Waals surface area contributed by atoms with Crippen molar-refractivity contribution in [2.45, 2.75) is 26.3 Å². The van der Waals surface area contributed by atoms with Crippen LogP contribution in [0.15, 0.2) is 60.9 Å². The van der Waals surface area contributed by atoms with E-state index in [2.05, 4.69) is 4.98 Å². The first-order chi connectivity index (χ1) is 10.7. The average molecular weight is 293 g/mol. The molecule has 2 heterocycles.